The third kappa shape index (κ3) is 6.13. The lowest BCUT2D eigenvalue weighted by Crippen LogP contribution is -2.47. The molecule has 0 aromatic heterocycles. The fourth-order valence-corrected chi connectivity index (χ4v) is 3.02. The summed E-state index contributed by atoms with van der Waals surface area (Å²) in [7, 11) is 4.24. The molecule has 1 aliphatic heterocycles. The Morgan fingerprint density at radius 2 is 2.00 bits per heavy atom. The number of carbonyl (C=O) groups is 1. The molecule has 1 N–H and O–H groups in total. The Hall–Kier alpha value is -0.810. The van der Waals surface area contributed by atoms with Crippen molar-refractivity contribution < 1.29 is 9.53 Å². The molecule has 0 aromatic carbocycles. The number of ether oxygens (including phenoxy) is 1. The van der Waals surface area contributed by atoms with E-state index in [-0.39, 0.29) is 12.1 Å². The van der Waals surface area contributed by atoms with Crippen LogP contribution < -0.4 is 5.32 Å². The van der Waals surface area contributed by atoms with Crippen molar-refractivity contribution in [2.24, 2.45) is 5.92 Å². The van der Waals surface area contributed by atoms with Gasteiger partial charge in [0.2, 0.25) is 0 Å². The number of likely N-dealkylation sites (tertiary alicyclic amines) is 1. The monoisotopic (exact) mass is 313 g/mol. The molecule has 1 aliphatic rings. The molecule has 5 heteroatoms. The third-order valence-electron chi connectivity index (χ3n) is 4.17. The third-order valence-corrected chi connectivity index (χ3v) is 4.17. The second-order valence-corrected chi connectivity index (χ2v) is 7.90. The van der Waals surface area contributed by atoms with Crippen molar-refractivity contribution in [3.8, 4) is 0 Å². The molecule has 2 atom stereocenters. The van der Waals surface area contributed by atoms with E-state index in [1.807, 2.05) is 25.7 Å². The van der Waals surface area contributed by atoms with Crippen LogP contribution in [0.1, 0.15) is 47.5 Å². The molecule has 0 saturated carbocycles. The van der Waals surface area contributed by atoms with Gasteiger partial charge in [-0.25, -0.2) is 4.79 Å². The van der Waals surface area contributed by atoms with Crippen LogP contribution in [0, 0.1) is 5.92 Å². The molecule has 1 rings (SSSR count). The van der Waals surface area contributed by atoms with Gasteiger partial charge in [-0.2, -0.15) is 0 Å². The molecule has 0 radical (unpaired) electrons. The quantitative estimate of drug-likeness (QED) is 0.818. The van der Waals surface area contributed by atoms with Gasteiger partial charge < -0.3 is 19.9 Å². The number of nitrogens with one attached hydrogen (secondary N) is 1. The molecule has 2 unspecified atom stereocenters. The smallest absolute Gasteiger partial charge is 0.410 e. The van der Waals surface area contributed by atoms with Crippen LogP contribution in [-0.2, 0) is 4.74 Å². The lowest BCUT2D eigenvalue weighted by Gasteiger charge is -2.31. The van der Waals surface area contributed by atoms with Gasteiger partial charge >= 0.3 is 6.09 Å². The number of likely N-dealkylation sites (N-methyl/N-ethyl adjacent to an activating group) is 1. The van der Waals surface area contributed by atoms with Crippen molar-refractivity contribution in [3.63, 3.8) is 0 Å². The van der Waals surface area contributed by atoms with E-state index >= 15 is 0 Å². The SMILES string of the molecule is CC(C)C(CNCC1CCCN1C(=O)OC(C)(C)C)N(C)C. The summed E-state index contributed by atoms with van der Waals surface area (Å²) in [6.45, 7) is 12.8. The highest BCUT2D eigenvalue weighted by Gasteiger charge is 2.32. The van der Waals surface area contributed by atoms with Gasteiger partial charge in [-0.15, -0.1) is 0 Å². The Labute approximate surface area is 136 Å². The topological polar surface area (TPSA) is 44.8 Å². The predicted octanol–water partition coefficient (Wildman–Crippen LogP) is 2.56. The summed E-state index contributed by atoms with van der Waals surface area (Å²) in [6, 6.07) is 0.765. The van der Waals surface area contributed by atoms with E-state index < -0.39 is 5.60 Å². The second kappa shape index (κ2) is 8.16. The maximum Gasteiger partial charge on any atom is 0.410 e. The molecular weight excluding hydrogens is 278 g/mol. The summed E-state index contributed by atoms with van der Waals surface area (Å²) in [5.74, 6) is 0.605. The Bertz CT molecular complexity index is 342. The number of nitrogens with zero attached hydrogens (tertiary/aromatic N) is 2. The van der Waals surface area contributed by atoms with Crippen LogP contribution in [0.5, 0.6) is 0 Å². The molecule has 0 aromatic rings. The van der Waals surface area contributed by atoms with Gasteiger partial charge in [0.25, 0.3) is 0 Å². The van der Waals surface area contributed by atoms with E-state index in [1.165, 1.54) is 0 Å². The first kappa shape index (κ1) is 19.2. The van der Waals surface area contributed by atoms with Gasteiger partial charge in [0.05, 0.1) is 0 Å². The number of hydrogen-bond acceptors (Lipinski definition) is 4. The maximum absolute atomic E-state index is 12.3. The first-order valence-corrected chi connectivity index (χ1v) is 8.48. The Morgan fingerprint density at radius 1 is 1.36 bits per heavy atom. The molecular formula is C17H35N3O2. The second-order valence-electron chi connectivity index (χ2n) is 7.90. The van der Waals surface area contributed by atoms with Gasteiger partial charge in [-0.1, -0.05) is 13.8 Å². The highest BCUT2D eigenvalue weighted by Crippen LogP contribution is 2.20. The molecule has 1 heterocycles. The van der Waals surface area contributed by atoms with E-state index in [9.17, 15) is 4.79 Å². The van der Waals surface area contributed by atoms with E-state index in [2.05, 4.69) is 38.2 Å². The van der Waals surface area contributed by atoms with Gasteiger partial charge in [-0.3, -0.25) is 0 Å². The van der Waals surface area contributed by atoms with Gasteiger partial charge in [-0.05, 0) is 53.6 Å². The lowest BCUT2D eigenvalue weighted by atomic mass is 10.0. The first-order valence-electron chi connectivity index (χ1n) is 8.48. The van der Waals surface area contributed by atoms with Crippen molar-refractivity contribution in [1.29, 1.82) is 0 Å². The zero-order valence-corrected chi connectivity index (χ0v) is 15.5. The average Bonchev–Trinajstić information content (AvgIpc) is 2.79. The number of rotatable bonds is 6. The van der Waals surface area contributed by atoms with Crippen molar-refractivity contribution in [3.05, 3.63) is 0 Å². The largest absolute Gasteiger partial charge is 0.444 e. The normalized spacial score (nSPS) is 20.8. The van der Waals surface area contributed by atoms with Crippen LogP contribution in [0.15, 0.2) is 0 Å². The minimum Gasteiger partial charge on any atom is -0.444 e. The average molecular weight is 313 g/mol. The number of carbonyl (C=O) groups excluding carboxylic acids is 1. The molecule has 0 spiro atoms. The molecule has 1 fully saturated rings. The molecule has 5 nitrogen and oxygen atoms in total. The highest BCUT2D eigenvalue weighted by molar-refractivity contribution is 5.69. The molecule has 1 saturated heterocycles. The first-order chi connectivity index (χ1) is 10.1. The summed E-state index contributed by atoms with van der Waals surface area (Å²) in [5.41, 5.74) is -0.425. The Kier molecular flexibility index (Phi) is 7.13. The molecule has 0 bridgehead atoms. The summed E-state index contributed by atoms with van der Waals surface area (Å²) < 4.78 is 5.51. The van der Waals surface area contributed by atoms with Crippen LogP contribution in [0.2, 0.25) is 0 Å². The van der Waals surface area contributed by atoms with Gasteiger partial charge in [0, 0.05) is 31.7 Å². The van der Waals surface area contributed by atoms with Crippen LogP contribution in [0.25, 0.3) is 0 Å². The lowest BCUT2D eigenvalue weighted by molar-refractivity contribution is 0.0225. The fourth-order valence-electron chi connectivity index (χ4n) is 3.02. The number of amides is 1. The van der Waals surface area contributed by atoms with E-state index in [1.54, 1.807) is 0 Å². The molecule has 130 valence electrons. The van der Waals surface area contributed by atoms with Crippen LogP contribution >= 0.6 is 0 Å². The van der Waals surface area contributed by atoms with Crippen LogP contribution in [-0.4, -0.2) is 67.3 Å². The molecule has 1 amide bonds. The van der Waals surface area contributed by atoms with E-state index in [4.69, 9.17) is 4.74 Å². The van der Waals surface area contributed by atoms with Crippen LogP contribution in [0.3, 0.4) is 0 Å². The molecule has 22 heavy (non-hydrogen) atoms. The standard InChI is InChI=1S/C17H35N3O2/c1-13(2)15(19(6)7)12-18-11-14-9-8-10-20(14)16(21)22-17(3,4)5/h13-15,18H,8-12H2,1-7H3. The summed E-state index contributed by atoms with van der Waals surface area (Å²) in [5, 5.41) is 3.55. The maximum atomic E-state index is 12.3. The highest BCUT2D eigenvalue weighted by atomic mass is 16.6. The van der Waals surface area contributed by atoms with Gasteiger partial charge in [0.1, 0.15) is 5.60 Å². The Morgan fingerprint density at radius 3 is 2.50 bits per heavy atom. The van der Waals surface area contributed by atoms with E-state index in [0.717, 1.165) is 32.5 Å². The Balaban J connectivity index is 2.46. The number of hydrogen-bond donors (Lipinski definition) is 1. The fraction of sp³-hybridized carbons (Fsp3) is 0.941. The minimum atomic E-state index is -0.425. The zero-order valence-electron chi connectivity index (χ0n) is 15.5. The summed E-state index contributed by atoms with van der Waals surface area (Å²) in [4.78, 5) is 16.4. The predicted molar refractivity (Wildman–Crippen MR) is 91.1 cm³/mol. The van der Waals surface area contributed by atoms with Crippen LogP contribution in [0.4, 0.5) is 4.79 Å². The van der Waals surface area contributed by atoms with Crippen molar-refractivity contribution >= 4 is 6.09 Å². The van der Waals surface area contributed by atoms with E-state index in [0.29, 0.717) is 12.0 Å². The molecule has 0 aliphatic carbocycles. The zero-order chi connectivity index (χ0) is 16.9. The van der Waals surface area contributed by atoms with Crippen molar-refractivity contribution in [2.45, 2.75) is 65.1 Å². The van der Waals surface area contributed by atoms with Crippen molar-refractivity contribution in [2.75, 3.05) is 33.7 Å². The summed E-state index contributed by atoms with van der Waals surface area (Å²) in [6.07, 6.45) is 1.94. The summed E-state index contributed by atoms with van der Waals surface area (Å²) >= 11 is 0. The van der Waals surface area contributed by atoms with Crippen molar-refractivity contribution in [1.82, 2.24) is 15.1 Å². The minimum absolute atomic E-state index is 0.176. The van der Waals surface area contributed by atoms with Gasteiger partial charge in [0.15, 0.2) is 0 Å².